The van der Waals surface area contributed by atoms with Crippen LogP contribution in [0.15, 0.2) is 66.1 Å². The smallest absolute Gasteiger partial charge is 0.278 e. The Labute approximate surface area is 250 Å². The Morgan fingerprint density at radius 2 is 1.81 bits per heavy atom. The summed E-state index contributed by atoms with van der Waals surface area (Å²) in [6, 6.07) is 13.4. The molecule has 0 radical (unpaired) electrons. The topological polar surface area (TPSA) is 104 Å². The van der Waals surface area contributed by atoms with Crippen molar-refractivity contribution < 1.29 is 9.18 Å². The maximum Gasteiger partial charge on any atom is 0.278 e. The number of hydrogen-bond acceptors (Lipinski definition) is 8. The number of anilines is 3. The minimum atomic E-state index is -0.783. The van der Waals surface area contributed by atoms with Gasteiger partial charge in [0.1, 0.15) is 12.1 Å². The first-order valence-corrected chi connectivity index (χ1v) is 14.3. The summed E-state index contributed by atoms with van der Waals surface area (Å²) in [6.45, 7) is 10.8. The summed E-state index contributed by atoms with van der Waals surface area (Å²) in [5.74, 6) is 0.890. The highest BCUT2D eigenvalue weighted by molar-refractivity contribution is 5.78. The van der Waals surface area contributed by atoms with Crippen molar-refractivity contribution >= 4 is 34.3 Å². The number of carbonyl (C=O) groups is 1. The van der Waals surface area contributed by atoms with Crippen molar-refractivity contribution in [2.45, 2.75) is 25.8 Å². The van der Waals surface area contributed by atoms with Crippen molar-refractivity contribution in [3.63, 3.8) is 0 Å². The summed E-state index contributed by atoms with van der Waals surface area (Å²) in [4.78, 5) is 45.2. The molecule has 0 unspecified atom stereocenters. The van der Waals surface area contributed by atoms with Crippen LogP contribution in [0.25, 0.3) is 16.9 Å². The van der Waals surface area contributed by atoms with Gasteiger partial charge in [0.25, 0.3) is 5.56 Å². The van der Waals surface area contributed by atoms with Gasteiger partial charge in [0.15, 0.2) is 11.5 Å². The second kappa shape index (κ2) is 12.3. The number of piperazine rings is 1. The van der Waals surface area contributed by atoms with Crippen LogP contribution in [0.5, 0.6) is 0 Å². The Kier molecular flexibility index (Phi) is 8.58. The van der Waals surface area contributed by atoms with Crippen LogP contribution in [-0.4, -0.2) is 93.5 Å². The number of amides is 1. The standard InChI is InChI=1S/C31H38FN9O2/c1-6-14-40-29(43)24-19-33-30(36-28(24)41(40)26-9-7-8-25(35-26)31(2,3)21-32)34-22-10-12-23(13-11-22)39-17-15-38(16-18-39)20-27(42)37(4)5/h6-13,19H,1,14-18,20-21H2,2-5H3,(H,33,34,36). The molecule has 0 saturated carbocycles. The van der Waals surface area contributed by atoms with Gasteiger partial charge in [-0.05, 0) is 36.4 Å². The summed E-state index contributed by atoms with van der Waals surface area (Å²) in [5.41, 5.74) is 1.79. The van der Waals surface area contributed by atoms with E-state index in [0.717, 1.165) is 37.6 Å². The summed E-state index contributed by atoms with van der Waals surface area (Å²) < 4.78 is 16.9. The molecule has 1 saturated heterocycles. The zero-order valence-corrected chi connectivity index (χ0v) is 25.1. The molecule has 1 N–H and O–H groups in total. The minimum absolute atomic E-state index is 0.115. The summed E-state index contributed by atoms with van der Waals surface area (Å²) in [5, 5.41) is 3.58. The van der Waals surface area contributed by atoms with Crippen LogP contribution in [0.3, 0.4) is 0 Å². The highest BCUT2D eigenvalue weighted by Crippen LogP contribution is 2.25. The van der Waals surface area contributed by atoms with Gasteiger partial charge in [0.2, 0.25) is 11.9 Å². The molecule has 1 amide bonds. The molecule has 1 aliphatic heterocycles. The van der Waals surface area contributed by atoms with E-state index < -0.39 is 12.1 Å². The second-order valence-corrected chi connectivity index (χ2v) is 11.5. The Hall–Kier alpha value is -4.58. The van der Waals surface area contributed by atoms with Crippen LogP contribution in [0.4, 0.5) is 21.7 Å². The molecule has 43 heavy (non-hydrogen) atoms. The third-order valence-electron chi connectivity index (χ3n) is 7.67. The normalized spacial score (nSPS) is 14.2. The van der Waals surface area contributed by atoms with E-state index in [1.165, 1.54) is 10.9 Å². The van der Waals surface area contributed by atoms with Crippen molar-refractivity contribution in [2.75, 3.05) is 63.7 Å². The monoisotopic (exact) mass is 587 g/mol. The first-order valence-electron chi connectivity index (χ1n) is 14.3. The molecule has 0 atom stereocenters. The van der Waals surface area contributed by atoms with Crippen LogP contribution >= 0.6 is 0 Å². The van der Waals surface area contributed by atoms with Crippen LogP contribution < -0.4 is 15.8 Å². The Morgan fingerprint density at radius 3 is 2.47 bits per heavy atom. The van der Waals surface area contributed by atoms with E-state index in [-0.39, 0.29) is 18.0 Å². The van der Waals surface area contributed by atoms with Crippen molar-refractivity contribution in [1.29, 1.82) is 0 Å². The molecule has 0 bridgehead atoms. The van der Waals surface area contributed by atoms with Gasteiger partial charge in [0, 0.05) is 63.3 Å². The predicted molar refractivity (Wildman–Crippen MR) is 167 cm³/mol. The fourth-order valence-electron chi connectivity index (χ4n) is 4.98. The van der Waals surface area contributed by atoms with Crippen LogP contribution in [0.2, 0.25) is 0 Å². The molecular weight excluding hydrogens is 549 g/mol. The molecule has 1 aromatic carbocycles. The fraction of sp³-hybridized carbons (Fsp3) is 0.387. The van der Waals surface area contributed by atoms with E-state index in [0.29, 0.717) is 35.0 Å². The zero-order chi connectivity index (χ0) is 30.7. The van der Waals surface area contributed by atoms with E-state index in [1.807, 2.05) is 24.3 Å². The molecule has 0 aliphatic carbocycles. The van der Waals surface area contributed by atoms with Gasteiger partial charge in [-0.1, -0.05) is 26.0 Å². The van der Waals surface area contributed by atoms with Crippen molar-refractivity contribution in [2.24, 2.45) is 0 Å². The second-order valence-electron chi connectivity index (χ2n) is 11.5. The van der Waals surface area contributed by atoms with Gasteiger partial charge in [-0.3, -0.25) is 18.9 Å². The lowest BCUT2D eigenvalue weighted by atomic mass is 9.90. The van der Waals surface area contributed by atoms with E-state index in [1.54, 1.807) is 61.8 Å². The Balaban J connectivity index is 1.38. The molecule has 1 fully saturated rings. The number of aromatic nitrogens is 5. The highest BCUT2D eigenvalue weighted by atomic mass is 19.1. The molecule has 0 spiro atoms. The van der Waals surface area contributed by atoms with Gasteiger partial charge < -0.3 is 15.1 Å². The van der Waals surface area contributed by atoms with Crippen LogP contribution in [0, 0.1) is 0 Å². The number of nitrogens with zero attached hydrogens (tertiary/aromatic N) is 8. The molecule has 11 nitrogen and oxygen atoms in total. The molecule has 226 valence electrons. The lowest BCUT2D eigenvalue weighted by molar-refractivity contribution is -0.129. The maximum absolute atomic E-state index is 13.8. The lowest BCUT2D eigenvalue weighted by Crippen LogP contribution is -2.49. The first kappa shape index (κ1) is 29.9. The quantitative estimate of drug-likeness (QED) is 0.282. The highest BCUT2D eigenvalue weighted by Gasteiger charge is 2.24. The van der Waals surface area contributed by atoms with Crippen LogP contribution in [0.1, 0.15) is 19.5 Å². The van der Waals surface area contributed by atoms with Crippen LogP contribution in [-0.2, 0) is 16.8 Å². The van der Waals surface area contributed by atoms with Crippen molar-refractivity contribution in [1.82, 2.24) is 34.1 Å². The fourth-order valence-corrected chi connectivity index (χ4v) is 4.98. The van der Waals surface area contributed by atoms with E-state index in [4.69, 9.17) is 9.97 Å². The van der Waals surface area contributed by atoms with E-state index >= 15 is 0 Å². The number of likely N-dealkylation sites (N-methyl/N-ethyl adjacent to an activating group) is 1. The first-order chi connectivity index (χ1) is 20.6. The summed E-state index contributed by atoms with van der Waals surface area (Å²) >= 11 is 0. The molecule has 4 aromatic rings. The number of allylic oxidation sites excluding steroid dienone is 1. The minimum Gasteiger partial charge on any atom is -0.369 e. The largest absolute Gasteiger partial charge is 0.369 e. The number of carbonyl (C=O) groups excluding carboxylic acids is 1. The summed E-state index contributed by atoms with van der Waals surface area (Å²) in [6.07, 6.45) is 3.14. The predicted octanol–water partition coefficient (Wildman–Crippen LogP) is 3.36. The number of hydrogen-bond donors (Lipinski definition) is 1. The number of alkyl halides is 1. The maximum atomic E-state index is 13.8. The molecule has 4 heterocycles. The zero-order valence-electron chi connectivity index (χ0n) is 25.1. The number of rotatable bonds is 10. The average Bonchev–Trinajstić information content (AvgIpc) is 3.28. The van der Waals surface area contributed by atoms with E-state index in [9.17, 15) is 14.0 Å². The number of halogens is 1. The average molecular weight is 588 g/mol. The van der Waals surface area contributed by atoms with Gasteiger partial charge in [-0.2, -0.15) is 4.98 Å². The molecular formula is C31H38FN9O2. The lowest BCUT2D eigenvalue weighted by Gasteiger charge is -2.36. The Morgan fingerprint density at radius 1 is 1.09 bits per heavy atom. The van der Waals surface area contributed by atoms with Gasteiger partial charge in [-0.25, -0.2) is 19.3 Å². The van der Waals surface area contributed by atoms with Gasteiger partial charge >= 0.3 is 0 Å². The number of nitrogens with one attached hydrogen (secondary N) is 1. The van der Waals surface area contributed by atoms with Gasteiger partial charge in [-0.15, -0.1) is 6.58 Å². The van der Waals surface area contributed by atoms with Crippen molar-refractivity contribution in [3.8, 4) is 5.82 Å². The van der Waals surface area contributed by atoms with E-state index in [2.05, 4.69) is 26.7 Å². The summed E-state index contributed by atoms with van der Waals surface area (Å²) in [7, 11) is 3.56. The molecule has 5 rings (SSSR count). The SMILES string of the molecule is C=CCn1c(=O)c2cnc(Nc3ccc(N4CCN(CC(=O)N(C)C)CC4)cc3)nc2n1-c1cccc(C(C)(C)CF)n1. The number of benzene rings is 1. The molecule has 1 aliphatic rings. The third kappa shape index (κ3) is 6.29. The number of pyridine rings is 1. The molecule has 3 aromatic heterocycles. The Bertz CT molecular complexity index is 1670. The van der Waals surface area contributed by atoms with Gasteiger partial charge in [0.05, 0.1) is 18.8 Å². The van der Waals surface area contributed by atoms with Crippen molar-refractivity contribution in [3.05, 3.63) is 77.4 Å². The third-order valence-corrected chi connectivity index (χ3v) is 7.67. The number of fused-ring (bicyclic) bond motifs is 1. The molecule has 12 heteroatoms.